The molecule has 3 aromatic carbocycles. The molecule has 266 valence electrons. The molecule has 0 saturated heterocycles. The zero-order valence-electron chi connectivity index (χ0n) is 27.7. The Kier molecular flexibility index (Phi) is 80.1. The van der Waals surface area contributed by atoms with E-state index in [1.54, 1.807) is 6.07 Å². The molecule has 3 aromatic rings. The van der Waals surface area contributed by atoms with E-state index in [2.05, 4.69) is 110 Å². The van der Waals surface area contributed by atoms with Crippen molar-refractivity contribution in [3.63, 3.8) is 0 Å². The van der Waals surface area contributed by atoms with Crippen LogP contribution in [0, 0.1) is 11.3 Å². The number of halogens is 6. The monoisotopic (exact) mass is 1090 g/mol. The molecule has 0 aliphatic heterocycles. The number of rotatable bonds is 12. The molecule has 0 unspecified atom stereocenters. The molecule has 1 nitrogen and oxygen atoms in total. The van der Waals surface area contributed by atoms with E-state index >= 15 is 0 Å². The topological polar surface area (TPSA) is 23.8 Å². The second-order valence-electron chi connectivity index (χ2n) is 8.13. The molecular formula is C32H45Cl6NS6Sb2. The smallest absolute Gasteiger partial charge is 1.00 e. The van der Waals surface area contributed by atoms with Crippen molar-refractivity contribution < 1.29 is 74.4 Å². The Labute approximate surface area is 385 Å². The molecule has 0 fully saturated rings. The largest absolute Gasteiger partial charge is 3.00 e. The Hall–Kier alpha value is 2.63. The van der Waals surface area contributed by atoms with Gasteiger partial charge < -0.3 is 74.4 Å². The van der Waals surface area contributed by atoms with Gasteiger partial charge in [0, 0.05) is 41.4 Å². The van der Waals surface area contributed by atoms with E-state index in [1.165, 1.54) is 40.3 Å². The number of nitriles is 1. The molecular weight excluding hydrogens is 1050 g/mol. The zero-order valence-corrected chi connectivity index (χ0v) is 42.3. The number of nitrogens with zero attached hydrogens (tertiary/aromatic N) is 1. The Morgan fingerprint density at radius 2 is 0.489 bits per heavy atom. The van der Waals surface area contributed by atoms with Crippen LogP contribution < -0.4 is 74.4 Å². The predicted molar refractivity (Wildman–Crippen MR) is 205 cm³/mol. The summed E-state index contributed by atoms with van der Waals surface area (Å²) >= 11 is 11.3. The number of thioether (sulfide) groups is 6. The fraction of sp³-hybridized carbons (Fsp3) is 0.406. The van der Waals surface area contributed by atoms with Crippen LogP contribution in [-0.2, 0) is 34.5 Å². The van der Waals surface area contributed by atoms with Crippen molar-refractivity contribution in [1.29, 1.82) is 5.26 Å². The first-order valence-electron chi connectivity index (χ1n) is 12.5. The van der Waals surface area contributed by atoms with Crippen molar-refractivity contribution in [3.8, 4) is 6.07 Å². The molecule has 0 saturated carbocycles. The molecule has 0 heterocycles. The van der Waals surface area contributed by atoms with E-state index < -0.39 is 0 Å². The summed E-state index contributed by atoms with van der Waals surface area (Å²) in [5.74, 6) is 6.81. The first-order chi connectivity index (χ1) is 19.1. The molecule has 0 aliphatic carbocycles. The van der Waals surface area contributed by atoms with Gasteiger partial charge in [-0.15, -0.1) is 0 Å². The van der Waals surface area contributed by atoms with Crippen molar-refractivity contribution in [1.82, 2.24) is 0 Å². The van der Waals surface area contributed by atoms with Gasteiger partial charge in [0.05, 0.1) is 6.07 Å². The predicted octanol–water partition coefficient (Wildman–Crippen LogP) is -7.97. The van der Waals surface area contributed by atoms with Crippen molar-refractivity contribution in [2.75, 3.05) is 37.5 Å². The molecule has 0 spiro atoms. The molecule has 0 bridgehead atoms. The van der Waals surface area contributed by atoms with Gasteiger partial charge in [0.25, 0.3) is 0 Å². The molecule has 47 heavy (non-hydrogen) atoms. The minimum absolute atomic E-state index is 0. The number of hydrogen-bond acceptors (Lipinski definition) is 7. The van der Waals surface area contributed by atoms with Crippen LogP contribution >= 0.6 is 70.6 Å². The summed E-state index contributed by atoms with van der Waals surface area (Å²) in [6, 6.07) is 27.8. The van der Waals surface area contributed by atoms with Crippen LogP contribution in [0.3, 0.4) is 0 Å². The van der Waals surface area contributed by atoms with Crippen LogP contribution in [0.2, 0.25) is 0 Å². The van der Waals surface area contributed by atoms with Gasteiger partial charge in [0.1, 0.15) is 0 Å². The van der Waals surface area contributed by atoms with Crippen LogP contribution in [0.1, 0.15) is 40.3 Å². The molecule has 15 heteroatoms. The maximum atomic E-state index is 7.32. The summed E-state index contributed by atoms with van der Waals surface area (Å²) in [7, 11) is 0. The Bertz CT molecular complexity index is 875. The standard InChI is InChI=1S/3C10H14S2.C2H3N.6ClH.2Sb/c3*1-11-7-9-5-3-4-6-10(9)8-12-2;1-2-3;;;;;;;;/h3*3-6H,7-8H2,1-2H3;1H3;6*1H;;/q;;;;;;;;;;2*+3/p-6. The van der Waals surface area contributed by atoms with Crippen molar-refractivity contribution in [3.05, 3.63) is 106 Å². The Morgan fingerprint density at radius 1 is 0.383 bits per heavy atom. The van der Waals surface area contributed by atoms with Crippen molar-refractivity contribution in [2.45, 2.75) is 41.4 Å². The second kappa shape index (κ2) is 53.0. The summed E-state index contributed by atoms with van der Waals surface area (Å²) in [6.07, 6.45) is 12.9. The van der Waals surface area contributed by atoms with Crippen LogP contribution in [-0.4, -0.2) is 86.4 Å². The number of hydrogen-bond donors (Lipinski definition) is 0. The first kappa shape index (κ1) is 71.1. The van der Waals surface area contributed by atoms with Crippen LogP contribution in [0.15, 0.2) is 72.8 Å². The average molecular weight is 1090 g/mol. The van der Waals surface area contributed by atoms with Crippen molar-refractivity contribution >= 4 is 119 Å². The van der Waals surface area contributed by atoms with E-state index in [9.17, 15) is 0 Å². The van der Waals surface area contributed by atoms with Gasteiger partial charge in [-0.05, 0) is 70.9 Å². The third kappa shape index (κ3) is 36.8. The fourth-order valence-corrected chi connectivity index (χ4v) is 7.01. The molecule has 0 aliphatic rings. The average Bonchev–Trinajstić information content (AvgIpc) is 2.94. The maximum absolute atomic E-state index is 7.32. The summed E-state index contributed by atoms with van der Waals surface area (Å²) in [5, 5.41) is 7.32. The van der Waals surface area contributed by atoms with Gasteiger partial charge in [0.2, 0.25) is 0 Å². The second-order valence-corrected chi connectivity index (χ2v) is 13.3. The van der Waals surface area contributed by atoms with E-state index in [0.29, 0.717) is 0 Å². The van der Waals surface area contributed by atoms with Gasteiger partial charge in [-0.25, -0.2) is 0 Å². The fourth-order valence-electron chi connectivity index (χ4n) is 3.45. The third-order valence-corrected chi connectivity index (χ3v) is 8.75. The van der Waals surface area contributed by atoms with Crippen molar-refractivity contribution in [2.24, 2.45) is 0 Å². The molecule has 3 rings (SSSR count). The maximum Gasteiger partial charge on any atom is 3.00 e. The zero-order chi connectivity index (χ0) is 29.1. The quantitative estimate of drug-likeness (QED) is 0.167. The third-order valence-electron chi connectivity index (χ3n) is 5.15. The summed E-state index contributed by atoms with van der Waals surface area (Å²) in [5.41, 5.74) is 8.91. The van der Waals surface area contributed by atoms with E-state index in [-0.39, 0.29) is 123 Å². The van der Waals surface area contributed by atoms with Crippen LogP contribution in [0.5, 0.6) is 0 Å². The molecule has 0 amide bonds. The first-order valence-corrected chi connectivity index (χ1v) is 20.9. The molecule has 0 atom stereocenters. The van der Waals surface area contributed by atoms with E-state index in [1.807, 2.05) is 70.6 Å². The van der Waals surface area contributed by atoms with Crippen LogP contribution in [0.4, 0.5) is 0 Å². The van der Waals surface area contributed by atoms with Gasteiger partial charge >= 0.3 is 48.9 Å². The summed E-state index contributed by atoms with van der Waals surface area (Å²) < 4.78 is 0. The summed E-state index contributed by atoms with van der Waals surface area (Å²) in [4.78, 5) is 0. The Balaban J connectivity index is -0.0000000583. The van der Waals surface area contributed by atoms with Crippen LogP contribution in [0.25, 0.3) is 0 Å². The minimum Gasteiger partial charge on any atom is -1.00 e. The SMILES string of the molecule is CC#N.CSCc1ccccc1CSC.CSCc1ccccc1CSC.CSCc1ccccc1CSC.[Cl-].[Cl-].[Cl-].[Cl-].[Cl-].[Cl-].[Sb+3].[Sb+3]. The van der Waals surface area contributed by atoms with Gasteiger partial charge in [0.15, 0.2) is 0 Å². The normalized spacial score (nSPS) is 7.96. The minimum atomic E-state index is 0. The van der Waals surface area contributed by atoms with Gasteiger partial charge in [-0.1, -0.05) is 72.8 Å². The van der Waals surface area contributed by atoms with E-state index in [4.69, 9.17) is 5.26 Å². The number of benzene rings is 3. The van der Waals surface area contributed by atoms with Gasteiger partial charge in [-0.2, -0.15) is 75.8 Å². The van der Waals surface area contributed by atoms with E-state index in [0.717, 1.165) is 34.5 Å². The molecule has 4 radical (unpaired) electrons. The Morgan fingerprint density at radius 3 is 0.574 bits per heavy atom. The summed E-state index contributed by atoms with van der Waals surface area (Å²) in [6.45, 7) is 1.43. The molecule has 0 aromatic heterocycles. The molecule has 0 N–H and O–H groups in total. The van der Waals surface area contributed by atoms with Gasteiger partial charge in [-0.3, -0.25) is 0 Å².